The third-order valence-electron chi connectivity index (χ3n) is 3.90. The Morgan fingerprint density at radius 1 is 1.05 bits per heavy atom. The van der Waals surface area contributed by atoms with Gasteiger partial charge in [0.05, 0.1) is 21.8 Å². The molecule has 0 N–H and O–H groups in total. The van der Waals surface area contributed by atoms with E-state index >= 15 is 0 Å². The van der Waals surface area contributed by atoms with Gasteiger partial charge in [0, 0.05) is 5.46 Å². The van der Waals surface area contributed by atoms with Crippen molar-refractivity contribution in [2.75, 3.05) is 0 Å². The number of hydrogen-bond acceptors (Lipinski definition) is 2. The minimum atomic E-state index is -4.72. The van der Waals surface area contributed by atoms with Crippen molar-refractivity contribution in [3.05, 3.63) is 28.5 Å². The van der Waals surface area contributed by atoms with Gasteiger partial charge in [0.25, 0.3) is 0 Å². The second-order valence-corrected chi connectivity index (χ2v) is 6.35. The van der Waals surface area contributed by atoms with E-state index in [0.29, 0.717) is 6.07 Å². The van der Waals surface area contributed by atoms with Crippen LogP contribution >= 0.6 is 11.6 Å². The molecule has 1 saturated heterocycles. The molecule has 0 aliphatic carbocycles. The van der Waals surface area contributed by atoms with Crippen LogP contribution in [0.3, 0.4) is 0 Å². The summed E-state index contributed by atoms with van der Waals surface area (Å²) in [6.45, 7) is 7.04. The molecule has 0 aromatic heterocycles. The van der Waals surface area contributed by atoms with Crippen LogP contribution in [0.4, 0.5) is 17.6 Å². The zero-order chi connectivity index (χ0) is 16.2. The van der Waals surface area contributed by atoms with Crippen LogP contribution in [0.5, 0.6) is 0 Å². The predicted octanol–water partition coefficient (Wildman–Crippen LogP) is 3.80. The van der Waals surface area contributed by atoms with Gasteiger partial charge in [-0.2, -0.15) is 13.2 Å². The first-order valence-corrected chi connectivity index (χ1v) is 6.65. The van der Waals surface area contributed by atoms with Crippen molar-refractivity contribution in [1.29, 1.82) is 0 Å². The molecule has 0 spiro atoms. The largest absolute Gasteiger partial charge is 0.497 e. The molecule has 2 nitrogen and oxygen atoms in total. The van der Waals surface area contributed by atoms with Crippen molar-refractivity contribution < 1.29 is 26.9 Å². The molecule has 116 valence electrons. The maximum absolute atomic E-state index is 14.0. The third-order valence-corrected chi connectivity index (χ3v) is 4.21. The van der Waals surface area contributed by atoms with E-state index in [1.54, 1.807) is 27.7 Å². The molecule has 0 bridgehead atoms. The van der Waals surface area contributed by atoms with Gasteiger partial charge in [-0.3, -0.25) is 0 Å². The molecule has 0 amide bonds. The Kier molecular flexibility index (Phi) is 3.84. The second kappa shape index (κ2) is 4.86. The standard InChI is InChI=1S/C13H14BClF4O2/c1-11(2)12(3,4)21-14(20-11)8-6-9(15)7(5-10(8)16)13(17,18)19/h5-6H,1-4H3. The van der Waals surface area contributed by atoms with Crippen molar-refractivity contribution >= 4 is 24.2 Å². The molecule has 1 aliphatic heterocycles. The maximum atomic E-state index is 14.0. The first-order valence-electron chi connectivity index (χ1n) is 6.27. The molecule has 1 heterocycles. The molecule has 2 rings (SSSR count). The summed E-state index contributed by atoms with van der Waals surface area (Å²) in [6.07, 6.45) is -4.72. The maximum Gasteiger partial charge on any atom is 0.497 e. The highest BCUT2D eigenvalue weighted by atomic mass is 35.5. The SMILES string of the molecule is CC1(C)OB(c2cc(Cl)c(C(F)(F)F)cc2F)OC1(C)C. The molecule has 21 heavy (non-hydrogen) atoms. The Morgan fingerprint density at radius 2 is 1.52 bits per heavy atom. The Balaban J connectivity index is 2.42. The second-order valence-electron chi connectivity index (χ2n) is 5.94. The zero-order valence-corrected chi connectivity index (χ0v) is 12.7. The molecular weight excluding hydrogens is 310 g/mol. The lowest BCUT2D eigenvalue weighted by Gasteiger charge is -2.32. The summed E-state index contributed by atoms with van der Waals surface area (Å²) in [5.41, 5.74) is -2.81. The lowest BCUT2D eigenvalue weighted by Crippen LogP contribution is -2.41. The van der Waals surface area contributed by atoms with Gasteiger partial charge in [0.1, 0.15) is 5.82 Å². The summed E-state index contributed by atoms with van der Waals surface area (Å²) in [4.78, 5) is 0. The van der Waals surface area contributed by atoms with E-state index in [9.17, 15) is 17.6 Å². The molecule has 0 atom stereocenters. The fraction of sp³-hybridized carbons (Fsp3) is 0.538. The Hall–Kier alpha value is -0.785. The summed E-state index contributed by atoms with van der Waals surface area (Å²) >= 11 is 5.61. The zero-order valence-electron chi connectivity index (χ0n) is 11.9. The quantitative estimate of drug-likeness (QED) is 0.578. The normalized spacial score (nSPS) is 20.9. The monoisotopic (exact) mass is 324 g/mol. The van der Waals surface area contributed by atoms with Gasteiger partial charge in [-0.15, -0.1) is 0 Å². The van der Waals surface area contributed by atoms with Crippen molar-refractivity contribution in [2.24, 2.45) is 0 Å². The van der Waals surface area contributed by atoms with E-state index < -0.39 is 40.9 Å². The average Bonchev–Trinajstić information content (AvgIpc) is 2.49. The molecule has 8 heteroatoms. The van der Waals surface area contributed by atoms with Gasteiger partial charge in [-0.1, -0.05) is 11.6 Å². The topological polar surface area (TPSA) is 18.5 Å². The van der Waals surface area contributed by atoms with Gasteiger partial charge in [0.2, 0.25) is 0 Å². The predicted molar refractivity (Wildman–Crippen MR) is 72.1 cm³/mol. The molecule has 1 fully saturated rings. The highest BCUT2D eigenvalue weighted by molar-refractivity contribution is 6.62. The van der Waals surface area contributed by atoms with Gasteiger partial charge >= 0.3 is 13.3 Å². The summed E-state index contributed by atoms with van der Waals surface area (Å²) in [5, 5.41) is -0.589. The van der Waals surface area contributed by atoms with Crippen LogP contribution in [0.1, 0.15) is 33.3 Å². The van der Waals surface area contributed by atoms with E-state index in [0.717, 1.165) is 6.07 Å². The Morgan fingerprint density at radius 3 is 1.95 bits per heavy atom. The van der Waals surface area contributed by atoms with E-state index in [-0.39, 0.29) is 5.46 Å². The van der Waals surface area contributed by atoms with E-state index in [4.69, 9.17) is 20.9 Å². The van der Waals surface area contributed by atoms with Gasteiger partial charge < -0.3 is 9.31 Å². The lowest BCUT2D eigenvalue weighted by molar-refractivity contribution is -0.137. The molecule has 0 saturated carbocycles. The minimum absolute atomic E-state index is 0.147. The van der Waals surface area contributed by atoms with Gasteiger partial charge in [-0.25, -0.2) is 4.39 Å². The fourth-order valence-electron chi connectivity index (χ4n) is 1.93. The number of halogens is 5. The summed E-state index contributed by atoms with van der Waals surface area (Å²) in [6, 6.07) is 1.27. The highest BCUT2D eigenvalue weighted by Gasteiger charge is 2.52. The van der Waals surface area contributed by atoms with Crippen molar-refractivity contribution in [2.45, 2.75) is 45.1 Å². The minimum Gasteiger partial charge on any atom is -0.399 e. The van der Waals surface area contributed by atoms with E-state index in [1.807, 2.05) is 0 Å². The number of rotatable bonds is 1. The van der Waals surface area contributed by atoms with E-state index in [2.05, 4.69) is 0 Å². The first kappa shape index (κ1) is 16.6. The van der Waals surface area contributed by atoms with Crippen LogP contribution in [-0.4, -0.2) is 18.3 Å². The molecule has 0 unspecified atom stereocenters. The van der Waals surface area contributed by atoms with Crippen LogP contribution in [-0.2, 0) is 15.5 Å². The lowest BCUT2D eigenvalue weighted by atomic mass is 9.78. The van der Waals surface area contributed by atoms with Crippen LogP contribution in [0.15, 0.2) is 12.1 Å². The summed E-state index contributed by atoms with van der Waals surface area (Å²) in [5.74, 6) is -1.06. The molecule has 1 aliphatic rings. The number of alkyl halides is 3. The first-order chi connectivity index (χ1) is 9.35. The van der Waals surface area contributed by atoms with Crippen molar-refractivity contribution in [1.82, 2.24) is 0 Å². The summed E-state index contributed by atoms with van der Waals surface area (Å²) in [7, 11) is -1.10. The van der Waals surface area contributed by atoms with Crippen LogP contribution in [0, 0.1) is 5.82 Å². The average molecular weight is 325 g/mol. The molecule has 1 aromatic rings. The van der Waals surface area contributed by atoms with Crippen LogP contribution in [0.2, 0.25) is 5.02 Å². The Labute approximate surface area is 125 Å². The molecule has 0 radical (unpaired) electrons. The van der Waals surface area contributed by atoms with Gasteiger partial charge in [0.15, 0.2) is 0 Å². The van der Waals surface area contributed by atoms with Crippen LogP contribution in [0.25, 0.3) is 0 Å². The summed E-state index contributed by atoms with van der Waals surface area (Å²) < 4.78 is 63.2. The van der Waals surface area contributed by atoms with E-state index in [1.165, 1.54) is 0 Å². The van der Waals surface area contributed by atoms with Crippen LogP contribution < -0.4 is 5.46 Å². The fourth-order valence-corrected chi connectivity index (χ4v) is 2.21. The van der Waals surface area contributed by atoms with Gasteiger partial charge in [-0.05, 0) is 39.8 Å². The number of hydrogen-bond donors (Lipinski definition) is 0. The van der Waals surface area contributed by atoms with Crippen molar-refractivity contribution in [3.8, 4) is 0 Å². The third kappa shape index (κ3) is 2.91. The highest BCUT2D eigenvalue weighted by Crippen LogP contribution is 2.38. The molecular formula is C13H14BClF4O2. The Bertz CT molecular complexity index is 556. The number of benzene rings is 1. The van der Waals surface area contributed by atoms with Crippen molar-refractivity contribution in [3.63, 3.8) is 0 Å². The molecule has 1 aromatic carbocycles. The smallest absolute Gasteiger partial charge is 0.399 e.